The minimum atomic E-state index is -5.00. The van der Waals surface area contributed by atoms with E-state index in [0.717, 1.165) is 13.2 Å². The van der Waals surface area contributed by atoms with Crippen LogP contribution >= 0.6 is 0 Å². The lowest BCUT2D eigenvalue weighted by molar-refractivity contribution is -0.275. The van der Waals surface area contributed by atoms with Gasteiger partial charge in [-0.2, -0.15) is 0 Å². The Labute approximate surface area is 117 Å². The van der Waals surface area contributed by atoms with Crippen LogP contribution < -0.4 is 9.47 Å². The molecule has 1 rings (SSSR count). The molecule has 118 valence electrons. The predicted octanol–water partition coefficient (Wildman–Crippen LogP) is 2.56. The number of aromatic nitrogens is 1. The summed E-state index contributed by atoms with van der Waals surface area (Å²) in [5, 5.41) is 0. The summed E-state index contributed by atoms with van der Waals surface area (Å²) >= 11 is 0. The van der Waals surface area contributed by atoms with Gasteiger partial charge in [0.2, 0.25) is 0 Å². The van der Waals surface area contributed by atoms with Crippen molar-refractivity contribution in [3.8, 4) is 11.6 Å². The number of carbonyl (C=O) groups excluding carboxylic acids is 1. The number of methoxy groups -OCH3 is 1. The van der Waals surface area contributed by atoms with E-state index in [1.807, 2.05) is 0 Å². The summed E-state index contributed by atoms with van der Waals surface area (Å²) in [5.41, 5.74) is -0.397. The first-order valence-electron chi connectivity index (χ1n) is 5.84. The van der Waals surface area contributed by atoms with E-state index in [0.29, 0.717) is 0 Å². The zero-order valence-corrected chi connectivity index (χ0v) is 11.3. The molecule has 0 atom stereocenters. The Kier molecular flexibility index (Phi) is 5.74. The van der Waals surface area contributed by atoms with Crippen molar-refractivity contribution in [2.24, 2.45) is 0 Å². The van der Waals surface area contributed by atoms with Crippen LogP contribution in [0.2, 0.25) is 0 Å². The molecule has 0 saturated heterocycles. The van der Waals surface area contributed by atoms with Crippen molar-refractivity contribution in [3.05, 3.63) is 17.3 Å². The van der Waals surface area contributed by atoms with Crippen LogP contribution in [0.4, 0.5) is 17.6 Å². The maximum absolute atomic E-state index is 12.7. The van der Waals surface area contributed by atoms with E-state index < -0.39 is 37.1 Å². The number of esters is 1. The van der Waals surface area contributed by atoms with Crippen molar-refractivity contribution in [1.82, 2.24) is 4.98 Å². The van der Waals surface area contributed by atoms with Gasteiger partial charge in [0.1, 0.15) is 6.67 Å². The standard InChI is InChI=1S/C12H13F4NO4/c1-3-20-9(18)5-7-4-8(6-13)17-11(19-2)10(7)21-12(14,15)16/h4H,3,5-6H2,1-2H3. The third kappa shape index (κ3) is 5.09. The molecule has 0 saturated carbocycles. The lowest BCUT2D eigenvalue weighted by Crippen LogP contribution is -2.20. The summed E-state index contributed by atoms with van der Waals surface area (Å²) in [6.07, 6.45) is -5.53. The van der Waals surface area contributed by atoms with Gasteiger partial charge in [0.05, 0.1) is 25.8 Å². The van der Waals surface area contributed by atoms with Gasteiger partial charge in [-0.25, -0.2) is 9.37 Å². The van der Waals surface area contributed by atoms with E-state index in [-0.39, 0.29) is 17.9 Å². The zero-order chi connectivity index (χ0) is 16.0. The Bertz CT molecular complexity index is 505. The molecule has 0 aliphatic carbocycles. The highest BCUT2D eigenvalue weighted by atomic mass is 19.4. The van der Waals surface area contributed by atoms with E-state index in [4.69, 9.17) is 0 Å². The molecule has 0 aromatic carbocycles. The van der Waals surface area contributed by atoms with Crippen LogP contribution in [-0.4, -0.2) is 31.0 Å². The van der Waals surface area contributed by atoms with Gasteiger partial charge >= 0.3 is 12.3 Å². The van der Waals surface area contributed by atoms with Gasteiger partial charge in [-0.05, 0) is 13.0 Å². The Morgan fingerprint density at radius 3 is 2.52 bits per heavy atom. The second kappa shape index (κ2) is 7.09. The van der Waals surface area contributed by atoms with Crippen molar-refractivity contribution < 1.29 is 36.6 Å². The van der Waals surface area contributed by atoms with Gasteiger partial charge in [0.15, 0.2) is 5.75 Å². The molecule has 0 N–H and O–H groups in total. The predicted molar refractivity (Wildman–Crippen MR) is 62.6 cm³/mol. The van der Waals surface area contributed by atoms with Crippen molar-refractivity contribution in [2.45, 2.75) is 26.4 Å². The van der Waals surface area contributed by atoms with Gasteiger partial charge in [-0.15, -0.1) is 13.2 Å². The maximum Gasteiger partial charge on any atom is 0.573 e. The minimum Gasteiger partial charge on any atom is -0.478 e. The van der Waals surface area contributed by atoms with Crippen LogP contribution in [0.5, 0.6) is 11.6 Å². The number of ether oxygens (including phenoxy) is 3. The topological polar surface area (TPSA) is 57.7 Å². The van der Waals surface area contributed by atoms with Crippen molar-refractivity contribution in [2.75, 3.05) is 13.7 Å². The minimum absolute atomic E-state index is 0.0620. The number of halogens is 4. The Hall–Kier alpha value is -2.06. The highest BCUT2D eigenvalue weighted by Crippen LogP contribution is 2.35. The molecule has 0 fully saturated rings. The second-order valence-corrected chi connectivity index (χ2v) is 3.77. The molecule has 0 radical (unpaired) electrons. The van der Waals surface area contributed by atoms with Gasteiger partial charge in [0.25, 0.3) is 5.88 Å². The molecule has 0 spiro atoms. The molecule has 1 aromatic heterocycles. The molecule has 5 nitrogen and oxygen atoms in total. The summed E-state index contributed by atoms with van der Waals surface area (Å²) in [6.45, 7) is 0.579. The van der Waals surface area contributed by atoms with Crippen LogP contribution in [0, 0.1) is 0 Å². The highest BCUT2D eigenvalue weighted by molar-refractivity contribution is 5.74. The first kappa shape index (κ1) is 17.0. The fourth-order valence-corrected chi connectivity index (χ4v) is 1.55. The summed E-state index contributed by atoms with van der Waals surface area (Å²) in [4.78, 5) is 14.9. The van der Waals surface area contributed by atoms with Crippen molar-refractivity contribution in [1.29, 1.82) is 0 Å². The zero-order valence-electron chi connectivity index (χ0n) is 11.3. The van der Waals surface area contributed by atoms with E-state index in [1.54, 1.807) is 6.92 Å². The summed E-state index contributed by atoms with van der Waals surface area (Å²) in [5.74, 6) is -2.11. The number of nitrogens with zero attached hydrogens (tertiary/aromatic N) is 1. The van der Waals surface area contributed by atoms with Crippen LogP contribution in [0.25, 0.3) is 0 Å². The van der Waals surface area contributed by atoms with Gasteiger partial charge < -0.3 is 14.2 Å². The average molecular weight is 311 g/mol. The normalized spacial score (nSPS) is 11.1. The average Bonchev–Trinajstić information content (AvgIpc) is 2.39. The number of hydrogen-bond acceptors (Lipinski definition) is 5. The van der Waals surface area contributed by atoms with Gasteiger partial charge in [-0.1, -0.05) is 0 Å². The molecule has 0 aliphatic rings. The summed E-state index contributed by atoms with van der Waals surface area (Å²) in [6, 6.07) is 1.00. The Morgan fingerprint density at radius 2 is 2.05 bits per heavy atom. The Balaban J connectivity index is 3.24. The SMILES string of the molecule is CCOC(=O)Cc1cc(CF)nc(OC)c1OC(F)(F)F. The fourth-order valence-electron chi connectivity index (χ4n) is 1.55. The number of carbonyl (C=O) groups is 1. The molecule has 9 heteroatoms. The smallest absolute Gasteiger partial charge is 0.478 e. The molecule has 0 amide bonds. The van der Waals surface area contributed by atoms with Crippen molar-refractivity contribution in [3.63, 3.8) is 0 Å². The Morgan fingerprint density at radius 1 is 1.38 bits per heavy atom. The van der Waals surface area contributed by atoms with E-state index in [2.05, 4.69) is 19.2 Å². The first-order valence-corrected chi connectivity index (χ1v) is 5.84. The third-order valence-electron chi connectivity index (χ3n) is 2.26. The molecule has 0 unspecified atom stereocenters. The third-order valence-corrected chi connectivity index (χ3v) is 2.26. The van der Waals surface area contributed by atoms with Crippen molar-refractivity contribution >= 4 is 5.97 Å². The number of hydrogen-bond donors (Lipinski definition) is 0. The second-order valence-electron chi connectivity index (χ2n) is 3.77. The maximum atomic E-state index is 12.7. The van der Waals surface area contributed by atoms with Crippen LogP contribution in [0.3, 0.4) is 0 Å². The van der Waals surface area contributed by atoms with Gasteiger partial charge in [0, 0.05) is 5.56 Å². The fraction of sp³-hybridized carbons (Fsp3) is 0.500. The molecular formula is C12H13F4NO4. The summed E-state index contributed by atoms with van der Waals surface area (Å²) in [7, 11) is 1.06. The quantitative estimate of drug-likeness (QED) is 0.597. The summed E-state index contributed by atoms with van der Waals surface area (Å²) < 4.78 is 63.0. The van der Waals surface area contributed by atoms with E-state index in [9.17, 15) is 22.4 Å². The first-order chi connectivity index (χ1) is 9.80. The largest absolute Gasteiger partial charge is 0.573 e. The monoisotopic (exact) mass is 311 g/mol. The van der Waals surface area contributed by atoms with Crippen LogP contribution in [0.1, 0.15) is 18.2 Å². The van der Waals surface area contributed by atoms with Crippen LogP contribution in [0.15, 0.2) is 6.07 Å². The number of rotatable bonds is 6. The molecule has 1 aromatic rings. The van der Waals surface area contributed by atoms with Crippen LogP contribution in [-0.2, 0) is 22.6 Å². The lowest BCUT2D eigenvalue weighted by atomic mass is 10.1. The highest BCUT2D eigenvalue weighted by Gasteiger charge is 2.35. The van der Waals surface area contributed by atoms with E-state index in [1.165, 1.54) is 0 Å². The lowest BCUT2D eigenvalue weighted by Gasteiger charge is -2.16. The van der Waals surface area contributed by atoms with E-state index >= 15 is 0 Å². The number of alkyl halides is 4. The molecular weight excluding hydrogens is 298 g/mol. The number of pyridine rings is 1. The molecule has 0 bridgehead atoms. The molecule has 1 heterocycles. The van der Waals surface area contributed by atoms with Gasteiger partial charge in [-0.3, -0.25) is 4.79 Å². The molecule has 0 aliphatic heterocycles. The molecule has 21 heavy (non-hydrogen) atoms.